The van der Waals surface area contributed by atoms with Gasteiger partial charge < -0.3 is 14.8 Å². The number of fused-ring (bicyclic) bond motifs is 1. The summed E-state index contributed by atoms with van der Waals surface area (Å²) in [7, 11) is 1.74. The SMILES string of the molecule is COc1ccc2c(c1)CCC(OCc1cc(Br)cc(Br)c1)C2N1CCNCC1.Cl.Cl. The monoisotopic (exact) mass is 580 g/mol. The highest BCUT2D eigenvalue weighted by atomic mass is 79.9. The van der Waals surface area contributed by atoms with Crippen LogP contribution in [0.15, 0.2) is 45.3 Å². The molecule has 166 valence electrons. The predicted octanol–water partition coefficient (Wildman–Crippen LogP) is 5.54. The molecule has 0 saturated carbocycles. The van der Waals surface area contributed by atoms with Crippen molar-refractivity contribution in [1.82, 2.24) is 10.2 Å². The van der Waals surface area contributed by atoms with Crippen LogP contribution in [0.5, 0.6) is 5.75 Å². The Balaban J connectivity index is 0.00000160. The smallest absolute Gasteiger partial charge is 0.119 e. The first-order chi connectivity index (χ1) is 13.6. The summed E-state index contributed by atoms with van der Waals surface area (Å²) in [6.07, 6.45) is 2.25. The van der Waals surface area contributed by atoms with Crippen LogP contribution in [0.1, 0.15) is 29.2 Å². The lowest BCUT2D eigenvalue weighted by Gasteiger charge is -2.42. The minimum Gasteiger partial charge on any atom is -0.497 e. The fourth-order valence-electron chi connectivity index (χ4n) is 4.33. The zero-order chi connectivity index (χ0) is 19.5. The van der Waals surface area contributed by atoms with Gasteiger partial charge in [0.25, 0.3) is 0 Å². The Labute approximate surface area is 208 Å². The molecule has 2 aromatic carbocycles. The molecule has 0 aromatic heterocycles. The third-order valence-corrected chi connectivity index (χ3v) is 6.57. The summed E-state index contributed by atoms with van der Waals surface area (Å²) in [6, 6.07) is 13.1. The number of hydrogen-bond donors (Lipinski definition) is 1. The van der Waals surface area contributed by atoms with Crippen molar-refractivity contribution < 1.29 is 9.47 Å². The number of nitrogens with zero attached hydrogens (tertiary/aromatic N) is 1. The van der Waals surface area contributed by atoms with Gasteiger partial charge in [0.2, 0.25) is 0 Å². The van der Waals surface area contributed by atoms with Crippen LogP contribution in [-0.4, -0.2) is 44.3 Å². The van der Waals surface area contributed by atoms with Gasteiger partial charge in [0.05, 0.1) is 25.9 Å². The maximum atomic E-state index is 6.52. The number of methoxy groups -OCH3 is 1. The molecule has 0 spiro atoms. The molecule has 2 aliphatic rings. The predicted molar refractivity (Wildman–Crippen MR) is 133 cm³/mol. The van der Waals surface area contributed by atoms with Crippen molar-refractivity contribution in [2.24, 2.45) is 0 Å². The standard InChI is InChI=1S/C22H26Br2N2O2.2ClH/c1-27-19-3-4-20-16(12-19)2-5-21(22(20)26-8-6-25-7-9-26)28-14-15-10-17(23)13-18(24)11-15;;/h3-4,10-13,21-22,25H,2,5-9,14H2,1H3;2*1H. The molecule has 4 rings (SSSR count). The number of hydrogen-bond acceptors (Lipinski definition) is 4. The van der Waals surface area contributed by atoms with Gasteiger partial charge in [-0.05, 0) is 59.9 Å². The lowest BCUT2D eigenvalue weighted by atomic mass is 9.84. The van der Waals surface area contributed by atoms with Crippen molar-refractivity contribution >= 4 is 56.7 Å². The van der Waals surface area contributed by atoms with E-state index in [2.05, 4.69) is 78.5 Å². The van der Waals surface area contributed by atoms with Crippen LogP contribution in [0, 0.1) is 0 Å². The van der Waals surface area contributed by atoms with Crippen LogP contribution < -0.4 is 10.1 Å². The summed E-state index contributed by atoms with van der Waals surface area (Å²) in [5, 5.41) is 3.47. The summed E-state index contributed by atoms with van der Waals surface area (Å²) in [5.41, 5.74) is 3.98. The quantitative estimate of drug-likeness (QED) is 0.502. The average Bonchev–Trinajstić information content (AvgIpc) is 2.71. The second-order valence-corrected chi connectivity index (χ2v) is 9.29. The molecule has 4 nitrogen and oxygen atoms in total. The van der Waals surface area contributed by atoms with E-state index in [0.29, 0.717) is 12.6 Å². The van der Waals surface area contributed by atoms with Gasteiger partial charge in [-0.25, -0.2) is 0 Å². The maximum Gasteiger partial charge on any atom is 0.119 e. The van der Waals surface area contributed by atoms with Crippen molar-refractivity contribution in [3.8, 4) is 5.75 Å². The number of halogens is 4. The van der Waals surface area contributed by atoms with Crippen molar-refractivity contribution in [2.45, 2.75) is 31.6 Å². The topological polar surface area (TPSA) is 33.7 Å². The van der Waals surface area contributed by atoms with E-state index in [-0.39, 0.29) is 30.9 Å². The van der Waals surface area contributed by atoms with Crippen LogP contribution in [0.4, 0.5) is 0 Å². The first-order valence-corrected chi connectivity index (χ1v) is 11.4. The largest absolute Gasteiger partial charge is 0.497 e. The Morgan fingerprint density at radius 3 is 2.40 bits per heavy atom. The molecule has 1 N–H and O–H groups in total. The number of aryl methyl sites for hydroxylation is 1. The normalized spacial score (nSPS) is 21.2. The second kappa shape index (κ2) is 12.0. The van der Waals surface area contributed by atoms with E-state index in [0.717, 1.165) is 53.7 Å². The van der Waals surface area contributed by atoms with E-state index in [1.54, 1.807) is 7.11 Å². The Bertz CT molecular complexity index is 815. The average molecular weight is 583 g/mol. The van der Waals surface area contributed by atoms with Gasteiger partial charge in [-0.15, -0.1) is 24.8 Å². The van der Waals surface area contributed by atoms with Gasteiger partial charge in [0, 0.05) is 35.1 Å². The molecular weight excluding hydrogens is 555 g/mol. The summed E-state index contributed by atoms with van der Waals surface area (Å²) in [4.78, 5) is 2.59. The second-order valence-electron chi connectivity index (χ2n) is 7.46. The molecule has 1 aliphatic heterocycles. The van der Waals surface area contributed by atoms with E-state index >= 15 is 0 Å². The summed E-state index contributed by atoms with van der Waals surface area (Å²) >= 11 is 7.15. The fourth-order valence-corrected chi connectivity index (χ4v) is 5.72. The molecule has 8 heteroatoms. The van der Waals surface area contributed by atoms with Gasteiger partial charge in [0.1, 0.15) is 5.75 Å². The molecular formula is C22H28Br2Cl2N2O2. The fraction of sp³-hybridized carbons (Fsp3) is 0.455. The third-order valence-electron chi connectivity index (χ3n) is 5.65. The van der Waals surface area contributed by atoms with E-state index in [4.69, 9.17) is 9.47 Å². The van der Waals surface area contributed by atoms with Gasteiger partial charge >= 0.3 is 0 Å². The van der Waals surface area contributed by atoms with Gasteiger partial charge in [-0.2, -0.15) is 0 Å². The van der Waals surface area contributed by atoms with Crippen molar-refractivity contribution in [1.29, 1.82) is 0 Å². The highest BCUT2D eigenvalue weighted by molar-refractivity contribution is 9.11. The van der Waals surface area contributed by atoms with Crippen LogP contribution in [0.2, 0.25) is 0 Å². The number of nitrogens with one attached hydrogen (secondary N) is 1. The molecule has 1 aliphatic carbocycles. The zero-order valence-electron chi connectivity index (χ0n) is 16.9. The number of ether oxygens (including phenoxy) is 2. The molecule has 1 fully saturated rings. The van der Waals surface area contributed by atoms with Crippen LogP contribution >= 0.6 is 56.7 Å². The maximum absolute atomic E-state index is 6.52. The van der Waals surface area contributed by atoms with Crippen molar-refractivity contribution in [3.63, 3.8) is 0 Å². The first-order valence-electron chi connectivity index (χ1n) is 9.82. The molecule has 1 heterocycles. The van der Waals surface area contributed by atoms with Crippen LogP contribution in [-0.2, 0) is 17.8 Å². The Morgan fingerprint density at radius 2 is 1.73 bits per heavy atom. The Morgan fingerprint density at radius 1 is 1.03 bits per heavy atom. The zero-order valence-corrected chi connectivity index (χ0v) is 21.7. The van der Waals surface area contributed by atoms with Gasteiger partial charge in [-0.1, -0.05) is 37.9 Å². The van der Waals surface area contributed by atoms with E-state index < -0.39 is 0 Å². The summed E-state index contributed by atoms with van der Waals surface area (Å²) < 4.78 is 14.1. The Hall–Kier alpha value is -0.340. The van der Waals surface area contributed by atoms with E-state index in [1.165, 1.54) is 16.7 Å². The van der Waals surface area contributed by atoms with E-state index in [9.17, 15) is 0 Å². The van der Waals surface area contributed by atoms with Gasteiger partial charge in [0.15, 0.2) is 0 Å². The lowest BCUT2D eigenvalue weighted by Crippen LogP contribution is -2.49. The molecule has 2 aromatic rings. The number of piperazine rings is 1. The van der Waals surface area contributed by atoms with Crippen molar-refractivity contribution in [2.75, 3.05) is 33.3 Å². The molecule has 2 atom stereocenters. The Kier molecular flexibility index (Phi) is 10.4. The molecule has 0 radical (unpaired) electrons. The molecule has 0 bridgehead atoms. The minimum absolute atomic E-state index is 0. The van der Waals surface area contributed by atoms with Crippen LogP contribution in [0.3, 0.4) is 0 Å². The highest BCUT2D eigenvalue weighted by Gasteiger charge is 2.35. The summed E-state index contributed by atoms with van der Waals surface area (Å²) in [5.74, 6) is 0.941. The number of benzene rings is 2. The highest BCUT2D eigenvalue weighted by Crippen LogP contribution is 2.38. The third kappa shape index (κ3) is 6.12. The molecule has 0 amide bonds. The molecule has 30 heavy (non-hydrogen) atoms. The molecule has 2 unspecified atom stereocenters. The van der Waals surface area contributed by atoms with Crippen LogP contribution in [0.25, 0.3) is 0 Å². The van der Waals surface area contributed by atoms with Gasteiger partial charge in [-0.3, -0.25) is 4.90 Å². The van der Waals surface area contributed by atoms with Crippen molar-refractivity contribution in [3.05, 3.63) is 62.0 Å². The molecule has 1 saturated heterocycles. The lowest BCUT2D eigenvalue weighted by molar-refractivity contribution is -0.0378. The summed E-state index contributed by atoms with van der Waals surface area (Å²) in [6.45, 7) is 4.80. The first kappa shape index (κ1) is 25.9. The van der Waals surface area contributed by atoms with E-state index in [1.807, 2.05) is 0 Å². The minimum atomic E-state index is 0. The number of rotatable bonds is 5.